The van der Waals surface area contributed by atoms with Crippen LogP contribution in [0.4, 0.5) is 0 Å². The molecule has 0 atom stereocenters. The first-order valence-corrected chi connectivity index (χ1v) is 7.35. The van der Waals surface area contributed by atoms with Crippen LogP contribution in [0.15, 0.2) is 28.8 Å². The topological polar surface area (TPSA) is 56.0 Å². The van der Waals surface area contributed by atoms with Crippen LogP contribution in [0.1, 0.15) is 25.0 Å². The maximum Gasteiger partial charge on any atom is 0.214 e. The van der Waals surface area contributed by atoms with Crippen LogP contribution in [0.3, 0.4) is 0 Å². The molecule has 2 heterocycles. The monoisotopic (exact) mass is 303 g/mol. The summed E-state index contributed by atoms with van der Waals surface area (Å²) in [6, 6.07) is 5.92. The fourth-order valence-corrected chi connectivity index (χ4v) is 2.52. The summed E-state index contributed by atoms with van der Waals surface area (Å²) in [5, 5.41) is 0. The van der Waals surface area contributed by atoms with E-state index in [1.165, 1.54) is 0 Å². The Balaban J connectivity index is 2.03. The number of nitrogens with one attached hydrogen (secondary N) is 1. The van der Waals surface area contributed by atoms with Crippen LogP contribution in [0.2, 0.25) is 0 Å². The fourth-order valence-electron chi connectivity index (χ4n) is 2.25. The van der Waals surface area contributed by atoms with Gasteiger partial charge in [0.2, 0.25) is 5.89 Å². The molecule has 0 saturated carbocycles. The summed E-state index contributed by atoms with van der Waals surface area (Å²) in [4.78, 5) is 7.45. The summed E-state index contributed by atoms with van der Waals surface area (Å²) < 4.78 is 13.9. The molecule has 2 aromatic heterocycles. The highest BCUT2D eigenvalue weighted by molar-refractivity contribution is 7.71. The number of hydrogen-bond acceptors (Lipinski definition) is 4. The second kappa shape index (κ2) is 5.73. The van der Waals surface area contributed by atoms with Crippen molar-refractivity contribution in [1.82, 2.24) is 14.5 Å². The molecule has 0 unspecified atom stereocenters. The van der Waals surface area contributed by atoms with Crippen LogP contribution in [0.25, 0.3) is 11.0 Å². The number of H-pyrrole nitrogens is 1. The first-order valence-electron chi connectivity index (χ1n) is 6.94. The van der Waals surface area contributed by atoms with E-state index in [4.69, 9.17) is 21.4 Å². The molecule has 5 nitrogen and oxygen atoms in total. The van der Waals surface area contributed by atoms with Gasteiger partial charge in [0.1, 0.15) is 23.6 Å². The molecule has 3 aromatic rings. The zero-order valence-corrected chi connectivity index (χ0v) is 12.9. The van der Waals surface area contributed by atoms with Gasteiger partial charge in [-0.25, -0.2) is 4.98 Å². The molecule has 0 aliphatic rings. The highest BCUT2D eigenvalue weighted by atomic mass is 32.1. The predicted molar refractivity (Wildman–Crippen MR) is 83.3 cm³/mol. The number of aryl methyl sites for hydroxylation is 1. The zero-order chi connectivity index (χ0) is 14.8. The van der Waals surface area contributed by atoms with Gasteiger partial charge in [-0.1, -0.05) is 13.0 Å². The van der Waals surface area contributed by atoms with E-state index in [1.54, 1.807) is 6.20 Å². The van der Waals surface area contributed by atoms with E-state index in [2.05, 4.69) is 16.9 Å². The molecular formula is C15H17N3O2S. The van der Waals surface area contributed by atoms with E-state index in [1.807, 2.05) is 29.7 Å². The van der Waals surface area contributed by atoms with Crippen LogP contribution in [0.5, 0.6) is 5.75 Å². The third-order valence-electron chi connectivity index (χ3n) is 3.20. The van der Waals surface area contributed by atoms with Gasteiger partial charge in [-0.2, -0.15) is 0 Å². The third-order valence-corrected chi connectivity index (χ3v) is 3.52. The molecule has 1 aromatic carbocycles. The second-order valence-corrected chi connectivity index (χ2v) is 5.27. The molecular weight excluding hydrogens is 286 g/mol. The van der Waals surface area contributed by atoms with Crippen molar-refractivity contribution in [2.24, 2.45) is 0 Å². The van der Waals surface area contributed by atoms with Gasteiger partial charge in [-0.05, 0) is 37.7 Å². The molecule has 0 amide bonds. The summed E-state index contributed by atoms with van der Waals surface area (Å²) in [5.41, 5.74) is 1.91. The zero-order valence-electron chi connectivity index (χ0n) is 12.0. The van der Waals surface area contributed by atoms with Crippen LogP contribution >= 0.6 is 12.2 Å². The molecule has 0 radical (unpaired) electrons. The minimum Gasteiger partial charge on any atom is -0.491 e. The number of para-hydroxylation sites is 1. The van der Waals surface area contributed by atoms with E-state index in [0.29, 0.717) is 23.8 Å². The number of hydrogen-bond donors (Lipinski definition) is 1. The second-order valence-electron chi connectivity index (χ2n) is 4.88. The average molecular weight is 303 g/mol. The predicted octanol–water partition coefficient (Wildman–Crippen LogP) is 3.83. The Morgan fingerprint density at radius 2 is 2.29 bits per heavy atom. The summed E-state index contributed by atoms with van der Waals surface area (Å²) in [6.07, 6.45) is 2.68. The van der Waals surface area contributed by atoms with Gasteiger partial charge < -0.3 is 18.7 Å². The van der Waals surface area contributed by atoms with E-state index >= 15 is 0 Å². The van der Waals surface area contributed by atoms with Crippen molar-refractivity contribution in [3.05, 3.63) is 40.8 Å². The maximum absolute atomic E-state index is 5.76. The summed E-state index contributed by atoms with van der Waals surface area (Å²) >= 11 is 5.41. The molecule has 0 aliphatic heterocycles. The molecule has 110 valence electrons. The lowest BCUT2D eigenvalue weighted by molar-refractivity contribution is 0.320. The van der Waals surface area contributed by atoms with Crippen LogP contribution in [-0.4, -0.2) is 21.1 Å². The number of imidazole rings is 1. The Morgan fingerprint density at radius 3 is 3.00 bits per heavy atom. The number of aromatic amines is 1. The highest BCUT2D eigenvalue weighted by Crippen LogP contribution is 2.25. The molecule has 6 heteroatoms. The molecule has 21 heavy (non-hydrogen) atoms. The van der Waals surface area contributed by atoms with E-state index < -0.39 is 0 Å². The van der Waals surface area contributed by atoms with Gasteiger partial charge in [0.15, 0.2) is 4.77 Å². The summed E-state index contributed by atoms with van der Waals surface area (Å²) in [7, 11) is 0. The van der Waals surface area contributed by atoms with Crippen molar-refractivity contribution < 1.29 is 9.15 Å². The number of aromatic nitrogens is 3. The minimum atomic E-state index is 0.504. The first-order chi connectivity index (χ1) is 10.2. The number of benzene rings is 1. The lowest BCUT2D eigenvalue weighted by atomic mass is 10.3. The van der Waals surface area contributed by atoms with Crippen molar-refractivity contribution >= 4 is 23.3 Å². The van der Waals surface area contributed by atoms with Gasteiger partial charge in [0.25, 0.3) is 0 Å². The third kappa shape index (κ3) is 2.71. The van der Waals surface area contributed by atoms with Gasteiger partial charge in [0, 0.05) is 0 Å². The molecule has 0 bridgehead atoms. The lowest BCUT2D eigenvalue weighted by Crippen LogP contribution is -2.00. The fraction of sp³-hybridized carbons (Fsp3) is 0.333. The van der Waals surface area contributed by atoms with E-state index in [9.17, 15) is 0 Å². The SMILES string of the molecule is CCCOc1cccc2c1[nH]c(=S)n2Cc1ncc(C)o1. The Labute approximate surface area is 127 Å². The van der Waals surface area contributed by atoms with Crippen LogP contribution in [0, 0.1) is 11.7 Å². The Hall–Kier alpha value is -2.08. The Bertz CT molecular complexity index is 816. The number of nitrogens with zero attached hydrogens (tertiary/aromatic N) is 2. The van der Waals surface area contributed by atoms with Crippen molar-refractivity contribution in [3.63, 3.8) is 0 Å². The number of ether oxygens (including phenoxy) is 1. The molecule has 0 spiro atoms. The van der Waals surface area contributed by atoms with Gasteiger partial charge in [0.05, 0.1) is 18.3 Å². The molecule has 1 N–H and O–H groups in total. The van der Waals surface area contributed by atoms with Gasteiger partial charge >= 0.3 is 0 Å². The normalized spacial score (nSPS) is 11.1. The molecule has 0 aliphatic carbocycles. The standard InChI is InChI=1S/C15H17N3O2S/c1-3-7-19-12-6-4-5-11-14(12)17-15(21)18(11)9-13-16-8-10(2)20-13/h4-6,8H,3,7,9H2,1-2H3,(H,17,21). The van der Waals surface area contributed by atoms with E-state index in [-0.39, 0.29) is 0 Å². The largest absolute Gasteiger partial charge is 0.491 e. The Kier molecular flexibility index (Phi) is 3.79. The highest BCUT2D eigenvalue weighted by Gasteiger charge is 2.11. The average Bonchev–Trinajstić information content (AvgIpc) is 3.02. The molecule has 0 saturated heterocycles. The van der Waals surface area contributed by atoms with Crippen LogP contribution < -0.4 is 4.74 Å². The summed E-state index contributed by atoms with van der Waals surface area (Å²) in [5.74, 6) is 2.26. The summed E-state index contributed by atoms with van der Waals surface area (Å²) in [6.45, 7) is 5.15. The molecule has 3 rings (SSSR count). The van der Waals surface area contributed by atoms with Crippen molar-refractivity contribution in [1.29, 1.82) is 0 Å². The smallest absolute Gasteiger partial charge is 0.214 e. The number of fused-ring (bicyclic) bond motifs is 1. The molecule has 0 fully saturated rings. The van der Waals surface area contributed by atoms with Crippen molar-refractivity contribution in [3.8, 4) is 5.75 Å². The number of oxazole rings is 1. The quantitative estimate of drug-likeness (QED) is 0.728. The van der Waals surface area contributed by atoms with Crippen molar-refractivity contribution in [2.75, 3.05) is 6.61 Å². The van der Waals surface area contributed by atoms with Gasteiger partial charge in [-0.15, -0.1) is 0 Å². The lowest BCUT2D eigenvalue weighted by Gasteiger charge is -2.06. The minimum absolute atomic E-state index is 0.504. The Morgan fingerprint density at radius 1 is 1.43 bits per heavy atom. The van der Waals surface area contributed by atoms with Crippen LogP contribution in [-0.2, 0) is 6.54 Å². The van der Waals surface area contributed by atoms with Gasteiger partial charge in [-0.3, -0.25) is 0 Å². The maximum atomic E-state index is 5.76. The van der Waals surface area contributed by atoms with Crippen molar-refractivity contribution in [2.45, 2.75) is 26.8 Å². The first kappa shape index (κ1) is 13.9. The van der Waals surface area contributed by atoms with E-state index in [0.717, 1.165) is 29.0 Å². The number of rotatable bonds is 5.